The highest BCUT2D eigenvalue weighted by Crippen LogP contribution is 2.26. The Morgan fingerprint density at radius 1 is 1.19 bits per heavy atom. The van der Waals surface area contributed by atoms with E-state index in [1.54, 1.807) is 47.1 Å². The van der Waals surface area contributed by atoms with E-state index in [-0.39, 0.29) is 43.5 Å². The van der Waals surface area contributed by atoms with Crippen molar-refractivity contribution in [2.24, 2.45) is 4.99 Å². The van der Waals surface area contributed by atoms with Crippen molar-refractivity contribution in [3.63, 3.8) is 0 Å². The maximum Gasteiger partial charge on any atom is 0.335 e. The highest BCUT2D eigenvalue weighted by molar-refractivity contribution is 5.88. The number of aromatic carboxylic acids is 1. The quantitative estimate of drug-likeness (QED) is 0.316. The molecule has 2 aliphatic heterocycles. The smallest absolute Gasteiger partial charge is 0.335 e. The van der Waals surface area contributed by atoms with E-state index in [9.17, 15) is 19.1 Å². The number of hydrogen-bond acceptors (Lipinski definition) is 9. The van der Waals surface area contributed by atoms with Crippen LogP contribution in [0.4, 0.5) is 10.2 Å². The largest absolute Gasteiger partial charge is 0.481 e. The van der Waals surface area contributed by atoms with Crippen molar-refractivity contribution in [2.75, 3.05) is 58.2 Å². The first kappa shape index (κ1) is 34.9. The summed E-state index contributed by atoms with van der Waals surface area (Å²) in [4.78, 5) is 44.0. The number of aliphatic imine (C=N–C) groups is 1. The molecule has 13 heteroatoms. The molecule has 0 radical (unpaired) electrons. The Hall–Kier alpha value is -5.01. The van der Waals surface area contributed by atoms with Gasteiger partial charge in [-0.05, 0) is 44.5 Å². The number of carbonyl (C=O) groups excluding carboxylic acids is 1. The maximum atomic E-state index is 14.9. The van der Waals surface area contributed by atoms with Gasteiger partial charge < -0.3 is 19.5 Å². The molecular weight excluding hydrogens is 605 g/mol. The summed E-state index contributed by atoms with van der Waals surface area (Å²) >= 11 is 0. The predicted molar refractivity (Wildman–Crippen MR) is 178 cm³/mol. The molecule has 3 heterocycles. The highest BCUT2D eigenvalue weighted by Gasteiger charge is 2.29. The average molecular weight is 647 g/mol. The Bertz CT molecular complexity index is 1630. The second-order valence-electron chi connectivity index (χ2n) is 11.2. The van der Waals surface area contributed by atoms with E-state index in [4.69, 9.17) is 9.47 Å². The summed E-state index contributed by atoms with van der Waals surface area (Å²) in [5.41, 5.74) is 3.11. The highest BCUT2D eigenvalue weighted by atomic mass is 19.1. The standard InChI is InChI=1S/C34H40FN7O5/c1-6-13-36-29(24(2)3)20-40-14-7-15-41(31-18-32(46-5)38-21-37-31)22-47-23-42(33(43)12-16-40)26-9-11-30(39(4)19-26)27-10-8-25(34(44)45)17-28(27)35/h6,8-11,13,17-18,21H,1,4,7,12,14-16,19-20,22-23H2,2-3,5H3/p+1. The van der Waals surface area contributed by atoms with Gasteiger partial charge in [-0.3, -0.25) is 19.6 Å². The van der Waals surface area contributed by atoms with E-state index < -0.39 is 11.8 Å². The zero-order valence-electron chi connectivity index (χ0n) is 27.1. The fraction of sp³-hybridized carbons (Fsp3) is 0.353. The van der Waals surface area contributed by atoms with Crippen molar-refractivity contribution in [3.8, 4) is 5.88 Å². The lowest BCUT2D eigenvalue weighted by atomic mass is 10.0. The van der Waals surface area contributed by atoms with Gasteiger partial charge in [0.05, 0.1) is 29.6 Å². The van der Waals surface area contributed by atoms with Crippen molar-refractivity contribution >= 4 is 36.3 Å². The van der Waals surface area contributed by atoms with Crippen LogP contribution in [0.5, 0.6) is 5.88 Å². The predicted octanol–water partition coefficient (Wildman–Crippen LogP) is 4.19. The number of carbonyl (C=O) groups is 2. The lowest BCUT2D eigenvalue weighted by Crippen LogP contribution is -2.42. The first-order valence-corrected chi connectivity index (χ1v) is 15.2. The Labute approximate surface area is 274 Å². The van der Waals surface area contributed by atoms with Crippen LogP contribution in [0, 0.1) is 5.82 Å². The molecule has 1 aromatic carbocycles. The van der Waals surface area contributed by atoms with Gasteiger partial charge in [-0.1, -0.05) is 18.2 Å². The number of carboxylic acids is 1. The SMILES string of the molecule is C=CC=NC(CN1CCCN(c2cc(OC)ncn2)COCN(C2=CC=C(c3ccc(C(=O)O)cc3F)[N+](=C)C2)C(=O)CC1)=C(C)C. The van der Waals surface area contributed by atoms with Crippen LogP contribution < -0.4 is 9.64 Å². The van der Waals surface area contributed by atoms with E-state index in [0.717, 1.165) is 23.8 Å². The zero-order chi connectivity index (χ0) is 33.9. The molecule has 248 valence electrons. The molecule has 0 bridgehead atoms. The molecule has 0 unspecified atom stereocenters. The van der Waals surface area contributed by atoms with Gasteiger partial charge in [0.15, 0.2) is 6.54 Å². The number of ether oxygens (including phenoxy) is 2. The van der Waals surface area contributed by atoms with Crippen LogP contribution in [0.25, 0.3) is 5.70 Å². The first-order valence-electron chi connectivity index (χ1n) is 15.2. The van der Waals surface area contributed by atoms with Gasteiger partial charge in [-0.2, -0.15) is 4.58 Å². The third-order valence-electron chi connectivity index (χ3n) is 7.73. The van der Waals surface area contributed by atoms with Gasteiger partial charge in [0.2, 0.25) is 17.5 Å². The average Bonchev–Trinajstić information content (AvgIpc) is 3.05. The number of methoxy groups -OCH3 is 1. The molecule has 0 aliphatic carbocycles. The van der Waals surface area contributed by atoms with Gasteiger partial charge in [0.25, 0.3) is 0 Å². The molecule has 2 aliphatic rings. The second-order valence-corrected chi connectivity index (χ2v) is 11.2. The number of carboxylic acid groups (broad SMARTS) is 1. The van der Waals surface area contributed by atoms with E-state index in [1.807, 2.05) is 18.7 Å². The van der Waals surface area contributed by atoms with Gasteiger partial charge in [-0.15, -0.1) is 0 Å². The van der Waals surface area contributed by atoms with Crippen molar-refractivity contribution in [1.29, 1.82) is 0 Å². The fourth-order valence-corrected chi connectivity index (χ4v) is 5.15. The molecule has 0 saturated carbocycles. The van der Waals surface area contributed by atoms with E-state index in [1.165, 1.54) is 18.5 Å². The topological polar surface area (TPSA) is 124 Å². The number of aromatic nitrogens is 2. The third-order valence-corrected chi connectivity index (χ3v) is 7.73. The number of allylic oxidation sites excluding steroid dienone is 4. The summed E-state index contributed by atoms with van der Waals surface area (Å²) in [5, 5.41) is 9.21. The number of nitrogens with zero attached hydrogens (tertiary/aromatic N) is 7. The van der Waals surface area contributed by atoms with Crippen molar-refractivity contribution < 1.29 is 33.1 Å². The normalized spacial score (nSPS) is 17.0. The molecule has 1 aromatic heterocycles. The summed E-state index contributed by atoms with van der Waals surface area (Å²) < 4.78 is 27.9. The molecule has 0 atom stereocenters. The molecule has 1 fully saturated rings. The van der Waals surface area contributed by atoms with Gasteiger partial charge in [0.1, 0.15) is 38.1 Å². The van der Waals surface area contributed by atoms with Crippen LogP contribution in [0.1, 0.15) is 42.6 Å². The zero-order valence-corrected chi connectivity index (χ0v) is 27.1. The minimum absolute atomic E-state index is 0.0368. The summed E-state index contributed by atoms with van der Waals surface area (Å²) in [6.45, 7) is 14.5. The number of hydrogen-bond donors (Lipinski definition) is 1. The summed E-state index contributed by atoms with van der Waals surface area (Å²) in [7, 11) is 1.54. The molecule has 47 heavy (non-hydrogen) atoms. The molecule has 1 N–H and O–H groups in total. The minimum atomic E-state index is -1.21. The van der Waals surface area contributed by atoms with Crippen LogP contribution in [-0.4, -0.2) is 108 Å². The monoisotopic (exact) mass is 646 g/mol. The van der Waals surface area contributed by atoms with Gasteiger partial charge in [0, 0.05) is 51.0 Å². The minimum Gasteiger partial charge on any atom is -0.481 e. The number of anilines is 1. The van der Waals surface area contributed by atoms with Crippen molar-refractivity contribution in [2.45, 2.75) is 26.7 Å². The lowest BCUT2D eigenvalue weighted by molar-refractivity contribution is -0.416. The van der Waals surface area contributed by atoms with Crippen LogP contribution >= 0.6 is 0 Å². The number of amides is 1. The lowest BCUT2D eigenvalue weighted by Gasteiger charge is -2.31. The summed E-state index contributed by atoms with van der Waals surface area (Å²) in [6, 6.07) is 5.47. The summed E-state index contributed by atoms with van der Waals surface area (Å²) in [6.07, 6.45) is 9.15. The molecular formula is C34H41FN7O5+. The molecule has 2 aromatic rings. The number of benzene rings is 1. The van der Waals surface area contributed by atoms with Gasteiger partial charge in [-0.25, -0.2) is 19.2 Å². The van der Waals surface area contributed by atoms with Gasteiger partial charge >= 0.3 is 5.97 Å². The number of rotatable bonds is 9. The van der Waals surface area contributed by atoms with Crippen LogP contribution in [0.3, 0.4) is 0 Å². The molecule has 4 rings (SSSR count). The van der Waals surface area contributed by atoms with Crippen LogP contribution in [0.2, 0.25) is 0 Å². The number of halogens is 1. The third kappa shape index (κ3) is 9.27. The Morgan fingerprint density at radius 3 is 2.68 bits per heavy atom. The molecule has 1 amide bonds. The Kier molecular flexibility index (Phi) is 12.3. The van der Waals surface area contributed by atoms with Crippen LogP contribution in [0.15, 0.2) is 77.4 Å². The Morgan fingerprint density at radius 2 is 2.00 bits per heavy atom. The van der Waals surface area contributed by atoms with E-state index in [0.29, 0.717) is 49.3 Å². The molecule has 12 nitrogen and oxygen atoms in total. The Balaban J connectivity index is 1.63. The van der Waals surface area contributed by atoms with Crippen molar-refractivity contribution in [1.82, 2.24) is 19.8 Å². The van der Waals surface area contributed by atoms with Crippen molar-refractivity contribution in [3.05, 3.63) is 89.3 Å². The first-order chi connectivity index (χ1) is 22.6. The van der Waals surface area contributed by atoms with E-state index >= 15 is 0 Å². The summed E-state index contributed by atoms with van der Waals surface area (Å²) in [5.74, 6) is -0.988. The van der Waals surface area contributed by atoms with E-state index in [2.05, 4.69) is 33.2 Å². The molecule has 0 spiro atoms. The molecule has 1 saturated heterocycles. The second kappa shape index (κ2) is 16.5. The maximum absolute atomic E-state index is 14.9. The van der Waals surface area contributed by atoms with Crippen LogP contribution in [-0.2, 0) is 9.53 Å². The fourth-order valence-electron chi connectivity index (χ4n) is 5.15.